The number of carbonyl (C=O) groups excluding carboxylic acids is 2. The Bertz CT molecular complexity index is 2060. The van der Waals surface area contributed by atoms with E-state index in [1.807, 2.05) is 12.1 Å². The van der Waals surface area contributed by atoms with Gasteiger partial charge < -0.3 is 15.5 Å². The summed E-state index contributed by atoms with van der Waals surface area (Å²) in [6.45, 7) is 1.71. The smallest absolute Gasteiger partial charge is 0.269 e. The summed E-state index contributed by atoms with van der Waals surface area (Å²) >= 11 is 0. The van der Waals surface area contributed by atoms with Gasteiger partial charge in [-0.1, -0.05) is 54.6 Å². The highest BCUT2D eigenvalue weighted by Gasteiger charge is 2.42. The van der Waals surface area contributed by atoms with Crippen LogP contribution in [0.2, 0.25) is 0 Å². The fraction of sp³-hybridized carbons (Fsp3) is 0.206. The number of aliphatic imine (C=N–C) groups is 1. The van der Waals surface area contributed by atoms with Gasteiger partial charge >= 0.3 is 0 Å². The number of halogens is 2. The van der Waals surface area contributed by atoms with Crippen molar-refractivity contribution < 1.29 is 18.4 Å². The number of fused-ring (bicyclic) bond motifs is 4. The minimum Gasteiger partial charge on any atom is -0.351 e. The number of likely N-dealkylation sites (tertiary alicyclic amines) is 1. The molecular weight excluding hydrogens is 590 g/mol. The zero-order valence-corrected chi connectivity index (χ0v) is 24.7. The first-order chi connectivity index (χ1) is 22.4. The normalized spacial score (nSPS) is 20.8. The van der Waals surface area contributed by atoms with Gasteiger partial charge in [0.25, 0.3) is 11.8 Å². The lowest BCUT2D eigenvalue weighted by Crippen LogP contribution is -2.45. The fourth-order valence-corrected chi connectivity index (χ4v) is 6.69. The van der Waals surface area contributed by atoms with E-state index in [2.05, 4.69) is 37.6 Å². The minimum atomic E-state index is -1.45. The molecule has 0 saturated carbocycles. The minimum absolute atomic E-state index is 0.00868. The van der Waals surface area contributed by atoms with Crippen molar-refractivity contribution in [3.05, 3.63) is 113 Å². The van der Waals surface area contributed by atoms with E-state index in [4.69, 9.17) is 4.98 Å². The molecule has 2 fully saturated rings. The molecule has 0 radical (unpaired) electrons. The van der Waals surface area contributed by atoms with Crippen molar-refractivity contribution in [2.45, 2.75) is 24.7 Å². The highest BCUT2D eigenvalue weighted by atomic mass is 19.1. The van der Waals surface area contributed by atoms with Crippen LogP contribution < -0.4 is 15.5 Å². The van der Waals surface area contributed by atoms with Crippen molar-refractivity contribution in [3.63, 3.8) is 0 Å². The van der Waals surface area contributed by atoms with Crippen LogP contribution >= 0.6 is 0 Å². The van der Waals surface area contributed by atoms with Gasteiger partial charge in [-0.05, 0) is 37.7 Å². The third-order valence-corrected chi connectivity index (χ3v) is 8.97. The predicted octanol–water partition coefficient (Wildman–Crippen LogP) is 4.11. The van der Waals surface area contributed by atoms with Crippen molar-refractivity contribution in [2.75, 3.05) is 30.4 Å². The number of nitrogens with one attached hydrogen (secondary N) is 2. The van der Waals surface area contributed by atoms with Gasteiger partial charge in [0.15, 0.2) is 5.65 Å². The van der Waals surface area contributed by atoms with Crippen molar-refractivity contribution >= 4 is 34.7 Å². The van der Waals surface area contributed by atoms with Crippen LogP contribution in [0.5, 0.6) is 0 Å². The maximum absolute atomic E-state index is 15.2. The Morgan fingerprint density at radius 1 is 0.913 bits per heavy atom. The molecule has 2 N–H and O–H groups in total. The molecule has 0 unspecified atom stereocenters. The van der Waals surface area contributed by atoms with Crippen molar-refractivity contribution in [1.82, 2.24) is 24.8 Å². The third kappa shape index (κ3) is 4.60. The van der Waals surface area contributed by atoms with Crippen LogP contribution in [-0.2, 0) is 4.79 Å². The van der Waals surface area contributed by atoms with Gasteiger partial charge in [-0.3, -0.25) is 14.5 Å². The van der Waals surface area contributed by atoms with Crippen LogP contribution in [0.15, 0.2) is 90.1 Å². The number of piperazine rings is 1. The van der Waals surface area contributed by atoms with Crippen molar-refractivity contribution in [2.24, 2.45) is 4.99 Å². The molecule has 3 atom stereocenters. The lowest BCUT2D eigenvalue weighted by Gasteiger charge is -2.32. The lowest BCUT2D eigenvalue weighted by molar-refractivity contribution is -0.117. The summed E-state index contributed by atoms with van der Waals surface area (Å²) in [7, 11) is 2.11. The number of aromatic nitrogens is 3. The second kappa shape index (κ2) is 10.8. The molecule has 2 saturated heterocycles. The summed E-state index contributed by atoms with van der Waals surface area (Å²) in [6, 6.07) is 22.0. The SMILES string of the molecule is CN1C[C@H]2C[C@@H]1CN2c1ccn2nc(-c3ccccc3F)c(C(=O)N[C@H]3N=C(c4ccccc4)c4cccc(F)c4NC3=O)c2n1. The number of hydrogen-bond donors (Lipinski definition) is 2. The van der Waals surface area contributed by atoms with Crippen molar-refractivity contribution in [1.29, 1.82) is 0 Å². The number of likely N-dealkylation sites (N-methyl/N-ethyl adjacent to an activating group) is 1. The molecule has 46 heavy (non-hydrogen) atoms. The lowest BCUT2D eigenvalue weighted by atomic mass is 10.0. The number of benzodiazepines with no additional fused rings is 1. The molecule has 3 aliphatic rings. The Morgan fingerprint density at radius 2 is 1.67 bits per heavy atom. The summed E-state index contributed by atoms with van der Waals surface area (Å²) in [5, 5.41) is 9.88. The first-order valence-electron chi connectivity index (χ1n) is 15.0. The number of nitrogens with zero attached hydrogens (tertiary/aromatic N) is 6. The quantitative estimate of drug-likeness (QED) is 0.307. The maximum atomic E-state index is 15.2. The molecular formula is C34H28F2N8O2. The van der Waals surface area contributed by atoms with Crippen LogP contribution in [0.4, 0.5) is 20.3 Å². The van der Waals surface area contributed by atoms with E-state index in [-0.39, 0.29) is 28.2 Å². The van der Waals surface area contributed by atoms with Crippen LogP contribution in [0.3, 0.4) is 0 Å². The second-order valence-electron chi connectivity index (χ2n) is 11.8. The molecule has 10 nitrogen and oxygen atoms in total. The topological polar surface area (TPSA) is 107 Å². The number of anilines is 2. The highest BCUT2D eigenvalue weighted by molar-refractivity contribution is 6.20. The molecule has 0 aliphatic carbocycles. The van der Waals surface area contributed by atoms with Crippen molar-refractivity contribution in [3.8, 4) is 11.3 Å². The van der Waals surface area contributed by atoms with E-state index in [0.717, 1.165) is 19.5 Å². The largest absolute Gasteiger partial charge is 0.351 e. The monoisotopic (exact) mass is 618 g/mol. The number of benzene rings is 3. The molecule has 5 heterocycles. The molecule has 12 heteroatoms. The van der Waals surface area contributed by atoms with Crippen LogP contribution in [0, 0.1) is 11.6 Å². The number of carbonyl (C=O) groups is 2. The zero-order valence-electron chi connectivity index (χ0n) is 24.7. The molecule has 230 valence electrons. The number of rotatable bonds is 5. The average Bonchev–Trinajstić information content (AvgIpc) is 3.74. The first-order valence-corrected chi connectivity index (χ1v) is 15.0. The Morgan fingerprint density at radius 3 is 2.43 bits per heavy atom. The summed E-state index contributed by atoms with van der Waals surface area (Å²) in [6.07, 6.45) is 1.28. The molecule has 5 aromatic rings. The number of hydrogen-bond acceptors (Lipinski definition) is 7. The second-order valence-corrected chi connectivity index (χ2v) is 11.8. The molecule has 8 rings (SSSR count). The summed E-state index contributed by atoms with van der Waals surface area (Å²) in [5.74, 6) is -1.99. The summed E-state index contributed by atoms with van der Waals surface area (Å²) < 4.78 is 31.6. The molecule has 2 amide bonds. The highest BCUT2D eigenvalue weighted by Crippen LogP contribution is 2.35. The summed E-state index contributed by atoms with van der Waals surface area (Å²) in [5.41, 5.74) is 1.66. The maximum Gasteiger partial charge on any atom is 0.269 e. The zero-order chi connectivity index (χ0) is 31.5. The molecule has 3 aliphatic heterocycles. The fourth-order valence-electron chi connectivity index (χ4n) is 6.69. The Kier molecular flexibility index (Phi) is 6.60. The van der Waals surface area contributed by atoms with E-state index in [9.17, 15) is 9.59 Å². The van der Waals surface area contributed by atoms with Crippen LogP contribution in [-0.4, -0.2) is 75.4 Å². The third-order valence-electron chi connectivity index (χ3n) is 8.97. The average molecular weight is 619 g/mol. The van der Waals surface area contributed by atoms with Gasteiger partial charge in [0.1, 0.15) is 28.7 Å². The van der Waals surface area contributed by atoms with Crippen LogP contribution in [0.1, 0.15) is 27.9 Å². The Hall–Kier alpha value is -5.49. The number of para-hydroxylation sites is 1. The standard InChI is InChI=1S/C34H28F2N8O2/c1-42-17-21-16-20(42)18-43(21)26-14-15-44-32(37-26)27(30(41-44)22-10-5-6-12-24(22)35)33(45)40-31-34(46)39-29-23(11-7-13-25(29)36)28(38-31)19-8-3-2-4-9-19/h2-15,20-21,31H,16-18H2,1H3,(H,39,46)(H,40,45)/t20-,21-,31-/m1/s1. The molecule has 0 spiro atoms. The van der Waals surface area contributed by atoms with E-state index in [1.54, 1.807) is 48.7 Å². The van der Waals surface area contributed by atoms with E-state index in [0.29, 0.717) is 34.7 Å². The molecule has 2 aromatic heterocycles. The van der Waals surface area contributed by atoms with E-state index >= 15 is 8.78 Å². The van der Waals surface area contributed by atoms with Gasteiger partial charge in [-0.2, -0.15) is 5.10 Å². The first kappa shape index (κ1) is 28.0. The Labute approximate surface area is 262 Å². The van der Waals surface area contributed by atoms with Gasteiger partial charge in [0.05, 0.1) is 11.4 Å². The Balaban J connectivity index is 1.23. The van der Waals surface area contributed by atoms with Gasteiger partial charge in [0.2, 0.25) is 6.17 Å². The van der Waals surface area contributed by atoms with Crippen LogP contribution in [0.25, 0.3) is 16.9 Å². The van der Waals surface area contributed by atoms with Gasteiger partial charge in [-0.25, -0.2) is 23.3 Å². The van der Waals surface area contributed by atoms with E-state index in [1.165, 1.54) is 28.8 Å². The van der Waals surface area contributed by atoms with Gasteiger partial charge in [0, 0.05) is 48.1 Å². The van der Waals surface area contributed by atoms with Gasteiger partial charge in [-0.15, -0.1) is 0 Å². The number of amides is 2. The van der Waals surface area contributed by atoms with E-state index < -0.39 is 29.6 Å². The molecule has 3 aromatic carbocycles. The predicted molar refractivity (Wildman–Crippen MR) is 169 cm³/mol. The molecule has 2 bridgehead atoms. The summed E-state index contributed by atoms with van der Waals surface area (Å²) in [4.78, 5) is 41.8.